The Morgan fingerprint density at radius 2 is 1.07 bits per heavy atom. The van der Waals surface area contributed by atoms with Crippen molar-refractivity contribution in [3.05, 3.63) is 96.3 Å². The molecular weight excluding hydrogens is 1480 g/mol. The molecule has 0 saturated carbocycles. The van der Waals surface area contributed by atoms with Gasteiger partial charge in [0.2, 0.25) is 0 Å². The number of β-amino-alcohol motifs (C(OH)–C–C–N with tert-alkyl or cyclic N) is 1. The number of carbonyl (C=O) groups is 1. The first kappa shape index (κ1) is 90.9. The number of sulfone groups is 2. The zero-order valence-electron chi connectivity index (χ0n) is 56.6. The maximum absolute atomic E-state index is 13.6. The molecule has 3 aliphatic rings. The van der Waals surface area contributed by atoms with Gasteiger partial charge in [0.25, 0.3) is 6.47 Å². The Morgan fingerprint density at radius 1 is 0.653 bits per heavy atom. The normalized spacial score (nSPS) is 15.4. The van der Waals surface area contributed by atoms with E-state index < -0.39 is 83.4 Å². The van der Waals surface area contributed by atoms with Crippen molar-refractivity contribution in [3.63, 3.8) is 0 Å². The number of halogens is 13. The summed E-state index contributed by atoms with van der Waals surface area (Å²) in [6, 6.07) is 22.6. The van der Waals surface area contributed by atoms with Crippen LogP contribution in [-0.2, 0) is 56.7 Å². The minimum Gasteiger partial charge on any atom is -1.00 e. The summed E-state index contributed by atoms with van der Waals surface area (Å²) in [6.45, 7) is -1.79. The zero-order valence-corrected chi connectivity index (χ0v) is 64.3. The van der Waals surface area contributed by atoms with Crippen molar-refractivity contribution < 1.29 is 217 Å². The van der Waals surface area contributed by atoms with Gasteiger partial charge >= 0.3 is 127 Å². The molecule has 0 spiro atoms. The van der Waals surface area contributed by atoms with Gasteiger partial charge in [-0.2, -0.15) is 52.7 Å². The number of aliphatic hydroxyl groups excluding tert-OH is 1. The fourth-order valence-electron chi connectivity index (χ4n) is 10.2. The largest absolute Gasteiger partial charge is 1.00 e. The molecule has 6 aromatic rings. The molecule has 3 fully saturated rings. The van der Waals surface area contributed by atoms with Crippen molar-refractivity contribution in [3.8, 4) is 35.2 Å². The number of aromatic nitrogens is 2. The Kier molecular flexibility index (Phi) is 37.9. The Labute approximate surface area is 668 Å². The average Bonchev–Trinajstić information content (AvgIpc) is 1.65. The average molecular weight is 1560 g/mol. The van der Waals surface area contributed by atoms with Crippen molar-refractivity contribution in [1.82, 2.24) is 19.4 Å². The quantitative estimate of drug-likeness (QED) is 0.0102. The van der Waals surface area contributed by atoms with Crippen LogP contribution in [0.25, 0.3) is 21.8 Å². The molecule has 0 bridgehead atoms. The van der Waals surface area contributed by atoms with Gasteiger partial charge < -0.3 is 81.0 Å². The van der Waals surface area contributed by atoms with Crippen LogP contribution in [0, 0.1) is 23.7 Å². The monoisotopic (exact) mass is 1560 g/mol. The number of hydrogen-bond donors (Lipinski definition) is 6. The Bertz CT molecular complexity index is 3970. The van der Waals surface area contributed by atoms with Crippen LogP contribution in [0.1, 0.15) is 38.5 Å². The van der Waals surface area contributed by atoms with Crippen molar-refractivity contribution >= 4 is 83.1 Å². The summed E-state index contributed by atoms with van der Waals surface area (Å²) >= 11 is 0. The number of likely N-dealkylation sites (tertiary alicyclic amines) is 1. The zero-order chi connectivity index (χ0) is 72.1. The van der Waals surface area contributed by atoms with Gasteiger partial charge in [-0.3, -0.25) is 4.79 Å². The number of aliphatic hydroxyl groups is 1. The van der Waals surface area contributed by atoms with E-state index in [-0.39, 0.29) is 194 Å². The molecule has 101 heavy (non-hydrogen) atoms. The summed E-state index contributed by atoms with van der Waals surface area (Å²) in [7, 11) is -4.05. The van der Waals surface area contributed by atoms with Crippen LogP contribution in [0.3, 0.4) is 0 Å². The summed E-state index contributed by atoms with van der Waals surface area (Å²) in [5, 5.41) is 36.0. The number of nitrogens with one attached hydrogen (secondary N) is 5. The van der Waals surface area contributed by atoms with E-state index in [0.717, 1.165) is 48.7 Å². The molecule has 5 heterocycles. The number of fused-ring (bicyclic) bond motifs is 2. The fraction of sp³-hybridized carbons (Fsp3) is 0.476. The molecular formula is C63H75ClF12K2N8O13S2. The number of methoxy groups -OCH3 is 2. The van der Waals surface area contributed by atoms with Gasteiger partial charge in [-0.1, -0.05) is 24.0 Å². The van der Waals surface area contributed by atoms with Gasteiger partial charge in [0.05, 0.1) is 96.8 Å². The molecule has 550 valence electrons. The van der Waals surface area contributed by atoms with E-state index in [4.69, 9.17) is 19.5 Å². The first-order chi connectivity index (χ1) is 46.1. The predicted octanol–water partition coefficient (Wildman–Crippen LogP) is 3.08. The maximum atomic E-state index is 13.6. The number of benzene rings is 4. The molecule has 6 N–H and O–H groups in total. The van der Waals surface area contributed by atoms with Crippen molar-refractivity contribution in [2.75, 3.05) is 127 Å². The molecule has 0 radical (unpaired) electrons. The number of anilines is 4. The number of nitrogens with zero attached hydrogens (tertiary/aromatic N) is 3. The molecule has 2 unspecified atom stereocenters. The van der Waals surface area contributed by atoms with E-state index in [0.29, 0.717) is 77.2 Å². The topological polar surface area (TPSA) is 261 Å². The van der Waals surface area contributed by atoms with Crippen LogP contribution >= 0.6 is 12.4 Å². The Morgan fingerprint density at radius 3 is 1.45 bits per heavy atom. The number of piperidine rings is 2. The third kappa shape index (κ3) is 32.1. The number of alkyl halides is 12. The molecule has 3 aliphatic heterocycles. The number of hydrogen-bond acceptors (Lipinski definition) is 19. The molecule has 2 aromatic heterocycles. The second kappa shape index (κ2) is 42.1. The molecule has 4 aromatic carbocycles. The van der Waals surface area contributed by atoms with E-state index >= 15 is 0 Å². The predicted molar refractivity (Wildman–Crippen MR) is 347 cm³/mol. The summed E-state index contributed by atoms with van der Waals surface area (Å²) in [5.74, 6) is 12.0. The van der Waals surface area contributed by atoms with Crippen LogP contribution in [0.4, 0.5) is 75.4 Å². The molecule has 38 heteroatoms. The fourth-order valence-corrected chi connectivity index (χ4v) is 11.4. The van der Waals surface area contributed by atoms with E-state index in [2.05, 4.69) is 69.4 Å². The van der Waals surface area contributed by atoms with Gasteiger partial charge in [0, 0.05) is 78.5 Å². The summed E-state index contributed by atoms with van der Waals surface area (Å²) in [4.78, 5) is 13.4. The third-order valence-electron chi connectivity index (χ3n) is 14.6. The summed E-state index contributed by atoms with van der Waals surface area (Å²) in [6.07, 6.45) is -13.4. The summed E-state index contributed by atoms with van der Waals surface area (Å²) < 4.78 is 226. The Hall–Kier alpha value is -4.31. The van der Waals surface area contributed by atoms with E-state index in [1.165, 1.54) is 49.1 Å². The van der Waals surface area contributed by atoms with Crippen LogP contribution in [0.5, 0.6) is 11.5 Å². The molecule has 9 rings (SSSR count). The van der Waals surface area contributed by atoms with Gasteiger partial charge in [0.15, 0.2) is 19.7 Å². The smallest absolute Gasteiger partial charge is 1.00 e. The number of ether oxygens (including phenoxy) is 5. The molecule has 21 nitrogen and oxygen atoms in total. The van der Waals surface area contributed by atoms with E-state index in [1.807, 2.05) is 11.0 Å². The van der Waals surface area contributed by atoms with Crippen molar-refractivity contribution in [2.24, 2.45) is 0 Å². The van der Waals surface area contributed by atoms with Crippen molar-refractivity contribution in [2.45, 2.75) is 97.6 Å². The Balaban J connectivity index is 0.000000571. The molecule has 3 saturated heterocycles. The first-order valence-electron chi connectivity index (χ1n) is 29.9. The van der Waals surface area contributed by atoms with Gasteiger partial charge in [-0.25, -0.2) is 16.8 Å². The SMILES string of the molecule is COc1cc(S(C)(=O)=O)ccc1NCC#Cc1cc2c(NC3CCN(CC(O)COCC(F)(F)F)CC3)cccc2n1CC(F)(F)F.COc1cc(S(C)(=O)=O)ccc1NCC#Cc1cc2c(NC3CCNCC3)cccc2n1CC(F)(F)F.Cl.FC(F)(F)COCC1CO1.O=CO[O-].[H-].[K+].[K+]. The van der Waals surface area contributed by atoms with Crippen LogP contribution in [-0.4, -0.2) is 197 Å². The second-order valence-electron chi connectivity index (χ2n) is 22.5. The minimum absolute atomic E-state index is 0. The third-order valence-corrected chi connectivity index (χ3v) is 16.9. The molecule has 0 amide bonds. The van der Waals surface area contributed by atoms with Crippen LogP contribution < -0.4 is 144 Å². The van der Waals surface area contributed by atoms with Gasteiger partial charge in [-0.05, 0) is 111 Å². The van der Waals surface area contributed by atoms with E-state index in [9.17, 15) is 74.6 Å². The maximum Gasteiger partial charge on any atom is 1.00 e. The minimum atomic E-state index is -4.51. The van der Waals surface area contributed by atoms with E-state index in [1.54, 1.807) is 48.5 Å². The number of epoxide rings is 1. The van der Waals surface area contributed by atoms with Gasteiger partial charge in [-0.15, -0.1) is 12.4 Å². The molecule has 2 atom stereocenters. The number of rotatable bonds is 23. The first-order valence-corrected chi connectivity index (χ1v) is 33.7. The second-order valence-corrected chi connectivity index (χ2v) is 26.5. The van der Waals surface area contributed by atoms with Crippen LogP contribution in [0.15, 0.2) is 94.7 Å². The van der Waals surface area contributed by atoms with Crippen LogP contribution in [0.2, 0.25) is 0 Å². The summed E-state index contributed by atoms with van der Waals surface area (Å²) in [5.41, 5.74) is 3.65. The number of carbonyl (C=O) groups excluding carboxylic acids is 1. The van der Waals surface area contributed by atoms with Crippen molar-refractivity contribution in [1.29, 1.82) is 0 Å². The standard InChI is InChI=1S/C31H36F6N4O5S.C26H29F3N4O3S.C5H7F3O2.CH2O3.ClH.2K.H/c1-45-29-16-24(47(2,43)44)8-9-27(29)38-12-4-5-22-15-25-26(6-3-7-28(25)41(22)19-30(32,33)34)39-21-10-13-40(14-11-21)17-23(42)18-46-20-31(35,36)37;1-36-25-16-20(37(2,34)35)8-9-23(25)31-12-4-5-19-15-21-22(32-18-10-13-30-14-11-18)6-3-7-24(21)33(19)17-26(27,28)29;6-5(7,8)3-9-1-4-2-10-4;2-1-4-3;;;;/h3,6-9,15-16,21,23,38-39,42H,10-14,17-20H2,1-2H3;3,6-9,15-16,18,30-32H,10-14,17H2,1-2H3;4H,1-3H2;1,3H;1H;;;/q;;;;;2*+1;-1/p-1. The molecule has 0 aliphatic carbocycles. The van der Waals surface area contributed by atoms with Gasteiger partial charge in [0.1, 0.15) is 43.9 Å².